The van der Waals surface area contributed by atoms with Crippen LogP contribution >= 0.6 is 0 Å². The van der Waals surface area contributed by atoms with Crippen molar-refractivity contribution in [3.63, 3.8) is 0 Å². The van der Waals surface area contributed by atoms with E-state index in [-0.39, 0.29) is 0 Å². The van der Waals surface area contributed by atoms with Crippen molar-refractivity contribution in [2.45, 2.75) is 12.5 Å². The summed E-state index contributed by atoms with van der Waals surface area (Å²) in [4.78, 5) is 6.49. The normalized spacial score (nSPS) is 21.6. The van der Waals surface area contributed by atoms with Crippen LogP contribution in [0.25, 0.3) is 0 Å². The molecule has 1 atom stereocenters. The highest BCUT2D eigenvalue weighted by molar-refractivity contribution is 5.43. The Hall–Kier alpha value is -1.29. The van der Waals surface area contributed by atoms with Crippen molar-refractivity contribution in [3.05, 3.63) is 18.3 Å². The minimum absolute atomic E-state index is 0.546. The van der Waals surface area contributed by atoms with E-state index in [1.165, 1.54) is 13.0 Å². The second kappa shape index (κ2) is 4.49. The van der Waals surface area contributed by atoms with Gasteiger partial charge in [0.1, 0.15) is 0 Å². The number of likely N-dealkylation sites (N-methyl/N-ethyl adjacent to an activating group) is 1. The van der Waals surface area contributed by atoms with E-state index in [0.717, 1.165) is 12.2 Å². The van der Waals surface area contributed by atoms with Gasteiger partial charge in [-0.05, 0) is 26.1 Å². The van der Waals surface area contributed by atoms with Crippen LogP contribution in [0.4, 0.5) is 5.69 Å². The van der Waals surface area contributed by atoms with Gasteiger partial charge in [0.15, 0.2) is 0 Å². The number of pyridine rings is 1. The molecule has 1 aromatic rings. The van der Waals surface area contributed by atoms with Crippen LogP contribution in [-0.2, 0) is 0 Å². The number of hydrogen-bond donors (Lipinski definition) is 1. The molecule has 15 heavy (non-hydrogen) atoms. The van der Waals surface area contributed by atoms with E-state index in [4.69, 9.17) is 4.74 Å². The fourth-order valence-corrected chi connectivity index (χ4v) is 1.87. The molecule has 0 aromatic carbocycles. The van der Waals surface area contributed by atoms with E-state index in [1.807, 2.05) is 18.3 Å². The zero-order valence-electron chi connectivity index (χ0n) is 9.23. The molecule has 2 rings (SSSR count). The Labute approximate surface area is 90.3 Å². The van der Waals surface area contributed by atoms with Crippen molar-refractivity contribution in [1.82, 2.24) is 9.88 Å². The van der Waals surface area contributed by atoms with Gasteiger partial charge in [0.05, 0.1) is 19.0 Å². The summed E-state index contributed by atoms with van der Waals surface area (Å²) in [7, 11) is 3.77. The Balaban J connectivity index is 1.93. The number of aromatic nitrogens is 1. The van der Waals surface area contributed by atoms with Crippen LogP contribution in [0.3, 0.4) is 0 Å². The maximum absolute atomic E-state index is 5.01. The first-order valence-corrected chi connectivity index (χ1v) is 5.23. The van der Waals surface area contributed by atoms with Gasteiger partial charge in [0.2, 0.25) is 5.88 Å². The number of nitrogens with one attached hydrogen (secondary N) is 1. The van der Waals surface area contributed by atoms with Gasteiger partial charge in [-0.15, -0.1) is 0 Å². The lowest BCUT2D eigenvalue weighted by atomic mass is 10.2. The van der Waals surface area contributed by atoms with Crippen molar-refractivity contribution >= 4 is 5.69 Å². The lowest BCUT2D eigenvalue weighted by Gasteiger charge is -2.13. The van der Waals surface area contributed by atoms with Crippen molar-refractivity contribution in [3.8, 4) is 5.88 Å². The second-order valence-corrected chi connectivity index (χ2v) is 3.98. The van der Waals surface area contributed by atoms with E-state index in [2.05, 4.69) is 22.2 Å². The zero-order chi connectivity index (χ0) is 10.7. The standard InChI is InChI=1S/C11H17N3O/c1-14-6-5-10(8-14)13-9-3-4-11(15-2)12-7-9/h3-4,7,10,13H,5-6,8H2,1-2H3. The van der Waals surface area contributed by atoms with Gasteiger partial charge >= 0.3 is 0 Å². The molecule has 1 N–H and O–H groups in total. The molecular formula is C11H17N3O. The topological polar surface area (TPSA) is 37.4 Å². The van der Waals surface area contributed by atoms with Crippen molar-refractivity contribution in [1.29, 1.82) is 0 Å². The predicted molar refractivity (Wildman–Crippen MR) is 60.3 cm³/mol. The smallest absolute Gasteiger partial charge is 0.213 e. The first-order valence-electron chi connectivity index (χ1n) is 5.23. The number of nitrogens with zero attached hydrogens (tertiary/aromatic N) is 2. The third-order valence-electron chi connectivity index (χ3n) is 2.71. The summed E-state index contributed by atoms with van der Waals surface area (Å²) in [5.41, 5.74) is 1.07. The first-order chi connectivity index (χ1) is 7.28. The monoisotopic (exact) mass is 207 g/mol. The van der Waals surface area contributed by atoms with Gasteiger partial charge in [-0.25, -0.2) is 4.98 Å². The van der Waals surface area contributed by atoms with Crippen LogP contribution in [0, 0.1) is 0 Å². The number of rotatable bonds is 3. The Morgan fingerprint density at radius 1 is 1.53 bits per heavy atom. The highest BCUT2D eigenvalue weighted by Crippen LogP contribution is 2.15. The van der Waals surface area contributed by atoms with Crippen molar-refractivity contribution in [2.75, 3.05) is 32.6 Å². The number of ether oxygens (including phenoxy) is 1. The van der Waals surface area contributed by atoms with Gasteiger partial charge in [-0.3, -0.25) is 0 Å². The Kier molecular flexibility index (Phi) is 3.06. The van der Waals surface area contributed by atoms with E-state index in [1.54, 1.807) is 7.11 Å². The zero-order valence-corrected chi connectivity index (χ0v) is 9.23. The number of anilines is 1. The fraction of sp³-hybridized carbons (Fsp3) is 0.545. The SMILES string of the molecule is COc1ccc(NC2CCN(C)C2)cn1. The third-order valence-corrected chi connectivity index (χ3v) is 2.71. The minimum Gasteiger partial charge on any atom is -0.481 e. The van der Waals surface area contributed by atoms with Gasteiger partial charge in [-0.2, -0.15) is 0 Å². The third kappa shape index (κ3) is 2.59. The molecule has 1 aromatic heterocycles. The number of methoxy groups -OCH3 is 1. The Bertz CT molecular complexity index is 312. The van der Waals surface area contributed by atoms with Gasteiger partial charge < -0.3 is 15.0 Å². The van der Waals surface area contributed by atoms with E-state index in [9.17, 15) is 0 Å². The summed E-state index contributed by atoms with van der Waals surface area (Å²) in [6, 6.07) is 4.43. The van der Waals surface area contributed by atoms with Crippen LogP contribution in [0.15, 0.2) is 18.3 Å². The van der Waals surface area contributed by atoms with Crippen molar-refractivity contribution in [2.24, 2.45) is 0 Å². The maximum Gasteiger partial charge on any atom is 0.213 e. The first kappa shape index (κ1) is 10.2. The lowest BCUT2D eigenvalue weighted by Crippen LogP contribution is -2.23. The maximum atomic E-state index is 5.01. The molecule has 1 fully saturated rings. The largest absolute Gasteiger partial charge is 0.481 e. The molecule has 4 heteroatoms. The molecule has 1 unspecified atom stereocenters. The summed E-state index contributed by atoms with van der Waals surface area (Å²) in [5.74, 6) is 0.657. The Morgan fingerprint density at radius 2 is 2.40 bits per heavy atom. The molecule has 1 saturated heterocycles. The molecule has 0 spiro atoms. The fourth-order valence-electron chi connectivity index (χ4n) is 1.87. The minimum atomic E-state index is 0.546. The molecular weight excluding hydrogens is 190 g/mol. The average molecular weight is 207 g/mol. The average Bonchev–Trinajstić information content (AvgIpc) is 2.65. The highest BCUT2D eigenvalue weighted by Gasteiger charge is 2.18. The van der Waals surface area contributed by atoms with E-state index >= 15 is 0 Å². The molecule has 1 aliphatic rings. The molecule has 82 valence electrons. The predicted octanol–water partition coefficient (Wildman–Crippen LogP) is 1.21. The van der Waals surface area contributed by atoms with Crippen LogP contribution < -0.4 is 10.1 Å². The molecule has 0 radical (unpaired) electrons. The second-order valence-electron chi connectivity index (χ2n) is 3.98. The van der Waals surface area contributed by atoms with Crippen molar-refractivity contribution < 1.29 is 4.74 Å². The van der Waals surface area contributed by atoms with Crippen LogP contribution in [0.2, 0.25) is 0 Å². The van der Waals surface area contributed by atoms with E-state index < -0.39 is 0 Å². The summed E-state index contributed by atoms with van der Waals surface area (Å²) in [6.45, 7) is 2.27. The number of likely N-dealkylation sites (tertiary alicyclic amines) is 1. The van der Waals surface area contributed by atoms with Crippen LogP contribution in [0.1, 0.15) is 6.42 Å². The summed E-state index contributed by atoms with van der Waals surface area (Å²) >= 11 is 0. The number of hydrogen-bond acceptors (Lipinski definition) is 4. The van der Waals surface area contributed by atoms with E-state index in [0.29, 0.717) is 11.9 Å². The summed E-state index contributed by atoms with van der Waals surface area (Å²) in [5, 5.41) is 3.46. The summed E-state index contributed by atoms with van der Waals surface area (Å²) in [6.07, 6.45) is 3.01. The van der Waals surface area contributed by atoms with Gasteiger partial charge in [-0.1, -0.05) is 0 Å². The highest BCUT2D eigenvalue weighted by atomic mass is 16.5. The quantitative estimate of drug-likeness (QED) is 0.808. The molecule has 0 aliphatic carbocycles. The van der Waals surface area contributed by atoms with Gasteiger partial charge in [0, 0.05) is 18.7 Å². The lowest BCUT2D eigenvalue weighted by molar-refractivity contribution is 0.398. The molecule has 4 nitrogen and oxygen atoms in total. The molecule has 2 heterocycles. The molecule has 0 saturated carbocycles. The summed E-state index contributed by atoms with van der Waals surface area (Å²) < 4.78 is 5.01. The van der Waals surface area contributed by atoms with Crippen LogP contribution in [-0.4, -0.2) is 43.2 Å². The molecule has 0 bridgehead atoms. The van der Waals surface area contributed by atoms with Gasteiger partial charge in [0.25, 0.3) is 0 Å². The molecule has 0 amide bonds. The Morgan fingerprint density at radius 3 is 2.93 bits per heavy atom. The van der Waals surface area contributed by atoms with Crippen LogP contribution in [0.5, 0.6) is 5.88 Å². The molecule has 1 aliphatic heterocycles.